The lowest BCUT2D eigenvalue weighted by Crippen LogP contribution is -2.04. The summed E-state index contributed by atoms with van der Waals surface area (Å²) in [6.45, 7) is 31.0. The van der Waals surface area contributed by atoms with Gasteiger partial charge in [-0.3, -0.25) is 14.4 Å². The minimum absolute atomic E-state index is 0.110. The van der Waals surface area contributed by atoms with Crippen LogP contribution in [-0.4, -0.2) is 108 Å². The zero-order chi connectivity index (χ0) is 52.7. The van der Waals surface area contributed by atoms with Gasteiger partial charge in [0.25, 0.3) is 0 Å². The van der Waals surface area contributed by atoms with E-state index < -0.39 is 0 Å². The van der Waals surface area contributed by atoms with E-state index in [4.69, 9.17) is 45.6 Å². The van der Waals surface area contributed by atoms with Gasteiger partial charge in [-0.15, -0.1) is 26.3 Å². The number of esters is 3. The van der Waals surface area contributed by atoms with Crippen LogP contribution in [0.4, 0.5) is 4.79 Å². The van der Waals surface area contributed by atoms with Crippen molar-refractivity contribution in [2.75, 3.05) is 67.4 Å². The Balaban J connectivity index is -0.000000105. The van der Waals surface area contributed by atoms with E-state index in [2.05, 4.69) is 50.1 Å². The molecule has 0 spiro atoms. The Morgan fingerprint density at radius 1 is 0.682 bits per heavy atom. The monoisotopic (exact) mass is 1090 g/mol. The van der Waals surface area contributed by atoms with Crippen molar-refractivity contribution < 1.29 is 57.3 Å². The van der Waals surface area contributed by atoms with Gasteiger partial charge in [0.1, 0.15) is 26.4 Å². The fraction of sp³-hybridized carbons (Fsp3) is 0.489. The number of hydrogen-bond acceptors (Lipinski definition) is 21. The third kappa shape index (κ3) is 84.8. The number of rotatable bonds is 15. The molecule has 0 bridgehead atoms. The molecule has 3 aliphatic rings. The molecule has 2 heterocycles. The highest BCUT2D eigenvalue weighted by Gasteiger charge is 2.09. The first-order valence-electron chi connectivity index (χ1n) is 19.9. The average Bonchev–Trinajstić information content (AvgIpc) is 4.18. The summed E-state index contributed by atoms with van der Waals surface area (Å²) in [6.07, 6.45) is 15.5. The molecule has 0 amide bonds. The van der Waals surface area contributed by atoms with Gasteiger partial charge in [-0.25, -0.2) is 4.79 Å². The SMILES string of the molecule is C1CS1.C=C.C=C.C=C1C=CC(=S)C=C1.CC.CC.CCC(=O)OCCSSC.CCC(=O)OCCSSc1ccc(COC(=O)CC)cc1.CSSC.O=C1OCCS1.O=C=O.O=C=O. The number of allylic oxidation sites excluding steroid dienone is 5. The molecule has 2 saturated heterocycles. The topological polar surface area (TPSA) is 173 Å². The number of carbonyl (C=O) groups is 4. The number of thiocarbonyl (C=S) groups is 1. The van der Waals surface area contributed by atoms with Crippen LogP contribution in [0.5, 0.6) is 0 Å². The van der Waals surface area contributed by atoms with Gasteiger partial charge >= 0.3 is 35.5 Å². The number of cyclic esters (lactones) is 1. The van der Waals surface area contributed by atoms with Gasteiger partial charge in [0.2, 0.25) is 0 Å². The smallest absolute Gasteiger partial charge is 0.373 e. The van der Waals surface area contributed by atoms with Crippen LogP contribution in [0.2, 0.25) is 0 Å². The first-order chi connectivity index (χ1) is 31.9. The molecule has 2 fully saturated rings. The molecule has 0 aromatic heterocycles. The van der Waals surface area contributed by atoms with E-state index in [1.54, 1.807) is 85.5 Å². The van der Waals surface area contributed by atoms with E-state index in [0.717, 1.165) is 38.2 Å². The molecular weight excluding hydrogens is 1020 g/mol. The zero-order valence-corrected chi connectivity index (χ0v) is 47.6. The second-order valence-electron chi connectivity index (χ2n) is 9.40. The molecule has 1 aromatic carbocycles. The number of carbonyl (C=O) groups excluding carboxylic acids is 8. The first-order valence-corrected chi connectivity index (χ1v) is 30.5. The largest absolute Gasteiger partial charge is 0.465 e. The molecule has 0 atom stereocenters. The van der Waals surface area contributed by atoms with Gasteiger partial charge in [-0.05, 0) is 66.0 Å². The van der Waals surface area contributed by atoms with Crippen molar-refractivity contribution in [1.82, 2.24) is 0 Å². The summed E-state index contributed by atoms with van der Waals surface area (Å²) in [4.78, 5) is 77.0. The third-order valence-electron chi connectivity index (χ3n) is 5.14. The van der Waals surface area contributed by atoms with Crippen molar-refractivity contribution in [3.05, 3.63) is 92.6 Å². The lowest BCUT2D eigenvalue weighted by Gasteiger charge is -2.05. The standard InChI is InChI=1S/C15H20O4S2.C7H6S.C6H12O2S2.C3H4O2S.C2H6S2.C2H4S.2C2H6.2C2H4.2CO2/c1-3-14(16)18-9-10-20-21-13-7-5-12(6-8-13)11-19-15(17)4-2;1-6-2-4-7(8)5-3-6;1-3-6(7)8-4-5-10-9-2;4-3-5-1-2-6-3;1-3-4-2;1-2-3-1;4*1-2;2*2-1-3/h5-8H,3-4,9-11H2,1-2H3;2-5H,1H2;3-5H2,1-2H3;1-2H2;1-2H3;1-2H2;2*1-2H3;2*1-2H2;;. The van der Waals surface area contributed by atoms with Gasteiger partial charge in [0, 0.05) is 57.8 Å². The Bertz CT molecular complexity index is 1350. The van der Waals surface area contributed by atoms with E-state index in [-0.39, 0.29) is 35.5 Å². The van der Waals surface area contributed by atoms with Gasteiger partial charge in [0.15, 0.2) is 0 Å². The molecule has 21 heteroatoms. The fourth-order valence-electron chi connectivity index (χ4n) is 2.46. The predicted molar refractivity (Wildman–Crippen MR) is 297 cm³/mol. The molecule has 0 saturated carbocycles. The van der Waals surface area contributed by atoms with Crippen molar-refractivity contribution in [3.8, 4) is 0 Å². The second kappa shape index (κ2) is 76.7. The number of thioether (sulfide) groups is 2. The molecule has 1 aliphatic carbocycles. The van der Waals surface area contributed by atoms with Crippen LogP contribution in [0.25, 0.3) is 0 Å². The molecule has 0 radical (unpaired) electrons. The molecule has 0 N–H and O–H groups in total. The average molecular weight is 1090 g/mol. The highest BCUT2D eigenvalue weighted by molar-refractivity contribution is 8.77. The van der Waals surface area contributed by atoms with Crippen LogP contribution in [0.1, 0.15) is 73.3 Å². The van der Waals surface area contributed by atoms with E-state index >= 15 is 0 Å². The van der Waals surface area contributed by atoms with Crippen molar-refractivity contribution in [3.63, 3.8) is 0 Å². The molecule has 4 rings (SSSR count). The van der Waals surface area contributed by atoms with Crippen LogP contribution < -0.4 is 0 Å². The van der Waals surface area contributed by atoms with E-state index in [1.165, 1.54) is 23.3 Å². The summed E-state index contributed by atoms with van der Waals surface area (Å²) >= 11 is 8.08. The fourth-order valence-corrected chi connectivity index (χ4v) is 5.94. The Morgan fingerprint density at radius 2 is 1.08 bits per heavy atom. The quantitative estimate of drug-likeness (QED) is 0.0308. The van der Waals surface area contributed by atoms with Gasteiger partial charge in [-0.1, -0.05) is 156 Å². The summed E-state index contributed by atoms with van der Waals surface area (Å²) in [6, 6.07) is 7.88. The van der Waals surface area contributed by atoms with Gasteiger partial charge in [-0.2, -0.15) is 30.9 Å². The summed E-state index contributed by atoms with van der Waals surface area (Å²) in [5.41, 5.74) is 1.99. The van der Waals surface area contributed by atoms with E-state index in [1.807, 2.05) is 94.3 Å². The second-order valence-corrected chi connectivity index (χ2v) is 20.0. The van der Waals surface area contributed by atoms with Crippen LogP contribution in [0.3, 0.4) is 0 Å². The third-order valence-corrected chi connectivity index (χ3v) is 12.0. The molecular formula is C45H72O12S9. The van der Waals surface area contributed by atoms with Crippen LogP contribution in [0.15, 0.2) is 91.9 Å². The highest BCUT2D eigenvalue weighted by Crippen LogP contribution is 2.31. The molecule has 2 aliphatic heterocycles. The maximum Gasteiger partial charge on any atom is 0.373 e. The molecule has 1 aromatic rings. The van der Waals surface area contributed by atoms with Gasteiger partial charge in [0.05, 0.1) is 0 Å². The zero-order valence-electron chi connectivity index (χ0n) is 40.2. The Hall–Kier alpha value is -2.55. The summed E-state index contributed by atoms with van der Waals surface area (Å²) in [5.74, 6) is 4.84. The van der Waals surface area contributed by atoms with Crippen molar-refractivity contribution in [1.29, 1.82) is 0 Å². The van der Waals surface area contributed by atoms with Crippen LogP contribution in [-0.2, 0) is 59.1 Å². The van der Waals surface area contributed by atoms with Crippen LogP contribution in [0, 0.1) is 0 Å². The molecule has 12 nitrogen and oxygen atoms in total. The number of ether oxygens (including phenoxy) is 4. The minimum atomic E-state index is -0.189. The highest BCUT2D eigenvalue weighted by atomic mass is 33.1. The van der Waals surface area contributed by atoms with Crippen LogP contribution >= 0.6 is 101 Å². The molecule has 66 heavy (non-hydrogen) atoms. The predicted octanol–water partition coefficient (Wildman–Crippen LogP) is 13.5. The van der Waals surface area contributed by atoms with E-state index in [0.29, 0.717) is 45.7 Å². The van der Waals surface area contributed by atoms with E-state index in [9.17, 15) is 19.2 Å². The Kier molecular flexibility index (Phi) is 93.5. The Labute approximate surface area is 434 Å². The number of hydrogen-bond donors (Lipinski definition) is 0. The van der Waals surface area contributed by atoms with Crippen molar-refractivity contribution >= 4 is 141 Å². The maximum absolute atomic E-state index is 11.1. The summed E-state index contributed by atoms with van der Waals surface area (Å²) in [7, 11) is 10.2. The summed E-state index contributed by atoms with van der Waals surface area (Å²) in [5, 5.41) is -0.130. The lowest BCUT2D eigenvalue weighted by molar-refractivity contribution is -0.193. The lowest BCUT2D eigenvalue weighted by atomic mass is 10.1. The first kappa shape index (κ1) is 80.5. The minimum Gasteiger partial charge on any atom is -0.465 e. The summed E-state index contributed by atoms with van der Waals surface area (Å²) < 4.78 is 19.4. The van der Waals surface area contributed by atoms with Crippen molar-refractivity contribution in [2.24, 2.45) is 0 Å². The van der Waals surface area contributed by atoms with Gasteiger partial charge < -0.3 is 18.9 Å². The molecule has 378 valence electrons. The van der Waals surface area contributed by atoms with Crippen molar-refractivity contribution in [2.45, 2.75) is 79.2 Å². The molecule has 0 unspecified atom stereocenters. The maximum atomic E-state index is 11.1. The normalized spacial score (nSPS) is 10.8. The number of benzene rings is 1. The Morgan fingerprint density at radius 3 is 1.36 bits per heavy atom.